The maximum atomic E-state index is 5.86. The van der Waals surface area contributed by atoms with Crippen LogP contribution in [-0.2, 0) is 0 Å². The average Bonchev–Trinajstić information content (AvgIpc) is 2.47. The standard InChI is InChI=1S/C16H19BrN2O/c1-11-10-14(12(2)13(3)16(11)17)20-9-8-19-15-6-4-5-7-18-15/h4-7,10H,8-9H2,1-3H3,(H,18,19). The molecule has 0 radical (unpaired) electrons. The zero-order chi connectivity index (χ0) is 14.5. The molecule has 0 aliphatic heterocycles. The van der Waals surface area contributed by atoms with Gasteiger partial charge in [0.1, 0.15) is 18.2 Å². The Bertz CT molecular complexity index is 585. The Kier molecular flexibility index (Phi) is 5.01. The van der Waals surface area contributed by atoms with Crippen LogP contribution in [0.2, 0.25) is 0 Å². The number of benzene rings is 1. The van der Waals surface area contributed by atoms with Crippen LogP contribution in [0.25, 0.3) is 0 Å². The summed E-state index contributed by atoms with van der Waals surface area (Å²) in [4.78, 5) is 4.21. The van der Waals surface area contributed by atoms with E-state index in [4.69, 9.17) is 4.74 Å². The molecule has 1 aromatic carbocycles. The third-order valence-electron chi connectivity index (χ3n) is 3.29. The quantitative estimate of drug-likeness (QED) is 0.829. The largest absolute Gasteiger partial charge is 0.491 e. The van der Waals surface area contributed by atoms with Gasteiger partial charge >= 0.3 is 0 Å². The number of hydrogen-bond acceptors (Lipinski definition) is 3. The highest BCUT2D eigenvalue weighted by Gasteiger charge is 2.08. The molecule has 106 valence electrons. The molecule has 1 heterocycles. The van der Waals surface area contributed by atoms with E-state index in [0.717, 1.165) is 22.6 Å². The van der Waals surface area contributed by atoms with Crippen molar-refractivity contribution < 1.29 is 4.74 Å². The van der Waals surface area contributed by atoms with Crippen LogP contribution in [0.1, 0.15) is 16.7 Å². The predicted molar refractivity (Wildman–Crippen MR) is 86.6 cm³/mol. The number of rotatable bonds is 5. The highest BCUT2D eigenvalue weighted by Crippen LogP contribution is 2.31. The lowest BCUT2D eigenvalue weighted by Crippen LogP contribution is -2.13. The summed E-state index contributed by atoms with van der Waals surface area (Å²) in [6.07, 6.45) is 1.77. The lowest BCUT2D eigenvalue weighted by Gasteiger charge is -2.14. The van der Waals surface area contributed by atoms with Gasteiger partial charge in [0.15, 0.2) is 0 Å². The van der Waals surface area contributed by atoms with Gasteiger partial charge < -0.3 is 10.1 Å². The molecule has 1 aromatic heterocycles. The van der Waals surface area contributed by atoms with Gasteiger partial charge in [-0.3, -0.25) is 0 Å². The van der Waals surface area contributed by atoms with Crippen LogP contribution in [0.5, 0.6) is 5.75 Å². The van der Waals surface area contributed by atoms with Crippen molar-refractivity contribution in [3.8, 4) is 5.75 Å². The summed E-state index contributed by atoms with van der Waals surface area (Å²) < 4.78 is 7.03. The van der Waals surface area contributed by atoms with Crippen molar-refractivity contribution >= 4 is 21.7 Å². The van der Waals surface area contributed by atoms with Crippen LogP contribution in [0.15, 0.2) is 34.9 Å². The molecule has 2 aromatic rings. The fourth-order valence-corrected chi connectivity index (χ4v) is 2.38. The first kappa shape index (κ1) is 14.9. The highest BCUT2D eigenvalue weighted by molar-refractivity contribution is 9.10. The number of ether oxygens (including phenoxy) is 1. The van der Waals surface area contributed by atoms with E-state index in [1.165, 1.54) is 16.7 Å². The van der Waals surface area contributed by atoms with Crippen molar-refractivity contribution in [1.82, 2.24) is 4.98 Å². The molecule has 0 spiro atoms. The van der Waals surface area contributed by atoms with Gasteiger partial charge in [0, 0.05) is 10.7 Å². The Morgan fingerprint density at radius 1 is 1.20 bits per heavy atom. The van der Waals surface area contributed by atoms with E-state index in [0.29, 0.717) is 6.61 Å². The molecule has 0 saturated heterocycles. The number of hydrogen-bond donors (Lipinski definition) is 1. The van der Waals surface area contributed by atoms with E-state index in [-0.39, 0.29) is 0 Å². The minimum absolute atomic E-state index is 0.609. The summed E-state index contributed by atoms with van der Waals surface area (Å²) in [5.41, 5.74) is 3.61. The summed E-state index contributed by atoms with van der Waals surface area (Å²) in [5.74, 6) is 1.82. The smallest absolute Gasteiger partial charge is 0.125 e. The maximum absolute atomic E-state index is 5.86. The number of nitrogens with one attached hydrogen (secondary N) is 1. The Morgan fingerprint density at radius 2 is 2.00 bits per heavy atom. The number of anilines is 1. The van der Waals surface area contributed by atoms with Gasteiger partial charge in [-0.15, -0.1) is 0 Å². The molecule has 0 amide bonds. The minimum atomic E-state index is 0.609. The van der Waals surface area contributed by atoms with Crippen LogP contribution in [0.3, 0.4) is 0 Å². The third kappa shape index (κ3) is 3.51. The lowest BCUT2D eigenvalue weighted by molar-refractivity contribution is 0.330. The SMILES string of the molecule is Cc1cc(OCCNc2ccccn2)c(C)c(C)c1Br. The first-order valence-corrected chi connectivity index (χ1v) is 7.43. The maximum Gasteiger partial charge on any atom is 0.125 e. The van der Waals surface area contributed by atoms with E-state index >= 15 is 0 Å². The van der Waals surface area contributed by atoms with E-state index in [2.05, 4.69) is 53.1 Å². The number of nitrogens with zero attached hydrogens (tertiary/aromatic N) is 1. The number of halogens is 1. The van der Waals surface area contributed by atoms with Crippen molar-refractivity contribution in [2.75, 3.05) is 18.5 Å². The van der Waals surface area contributed by atoms with Crippen molar-refractivity contribution in [3.63, 3.8) is 0 Å². The van der Waals surface area contributed by atoms with Gasteiger partial charge in [-0.25, -0.2) is 4.98 Å². The fraction of sp³-hybridized carbons (Fsp3) is 0.312. The summed E-state index contributed by atoms with van der Waals surface area (Å²) in [6, 6.07) is 7.88. The molecular formula is C16H19BrN2O. The highest BCUT2D eigenvalue weighted by atomic mass is 79.9. The molecule has 0 fully saturated rings. The molecular weight excluding hydrogens is 316 g/mol. The number of aryl methyl sites for hydroxylation is 1. The Morgan fingerprint density at radius 3 is 2.70 bits per heavy atom. The topological polar surface area (TPSA) is 34.1 Å². The monoisotopic (exact) mass is 334 g/mol. The molecule has 0 bridgehead atoms. The molecule has 0 unspecified atom stereocenters. The Balaban J connectivity index is 1.92. The van der Waals surface area contributed by atoms with Crippen LogP contribution in [0.4, 0.5) is 5.82 Å². The summed E-state index contributed by atoms with van der Waals surface area (Å²) in [5, 5.41) is 3.23. The van der Waals surface area contributed by atoms with E-state index in [1.807, 2.05) is 18.2 Å². The van der Waals surface area contributed by atoms with Crippen LogP contribution < -0.4 is 10.1 Å². The van der Waals surface area contributed by atoms with Crippen molar-refractivity contribution in [1.29, 1.82) is 0 Å². The van der Waals surface area contributed by atoms with Crippen molar-refractivity contribution in [3.05, 3.63) is 51.6 Å². The molecule has 0 atom stereocenters. The number of pyridine rings is 1. The lowest BCUT2D eigenvalue weighted by atomic mass is 10.1. The van der Waals surface area contributed by atoms with Gasteiger partial charge in [-0.2, -0.15) is 0 Å². The molecule has 4 heteroatoms. The predicted octanol–water partition coefficient (Wildman–Crippen LogP) is 4.26. The summed E-state index contributed by atoms with van der Waals surface area (Å²) in [6.45, 7) is 7.60. The second kappa shape index (κ2) is 6.75. The minimum Gasteiger partial charge on any atom is -0.491 e. The normalized spacial score (nSPS) is 10.4. The van der Waals surface area contributed by atoms with Gasteiger partial charge in [-0.05, 0) is 55.7 Å². The van der Waals surface area contributed by atoms with Gasteiger partial charge in [0.05, 0.1) is 6.54 Å². The summed E-state index contributed by atoms with van der Waals surface area (Å²) in [7, 11) is 0. The van der Waals surface area contributed by atoms with E-state index < -0.39 is 0 Å². The van der Waals surface area contributed by atoms with Gasteiger partial charge in [-0.1, -0.05) is 22.0 Å². The van der Waals surface area contributed by atoms with E-state index in [9.17, 15) is 0 Å². The zero-order valence-electron chi connectivity index (χ0n) is 12.0. The first-order chi connectivity index (χ1) is 9.59. The second-order valence-electron chi connectivity index (χ2n) is 4.75. The molecule has 20 heavy (non-hydrogen) atoms. The number of aromatic nitrogens is 1. The van der Waals surface area contributed by atoms with Crippen molar-refractivity contribution in [2.45, 2.75) is 20.8 Å². The molecule has 3 nitrogen and oxygen atoms in total. The fourth-order valence-electron chi connectivity index (χ4n) is 1.97. The summed E-state index contributed by atoms with van der Waals surface area (Å²) >= 11 is 3.60. The molecule has 0 saturated carbocycles. The second-order valence-corrected chi connectivity index (χ2v) is 5.54. The molecule has 0 aliphatic rings. The first-order valence-electron chi connectivity index (χ1n) is 6.63. The molecule has 0 aliphatic carbocycles. The van der Waals surface area contributed by atoms with Crippen LogP contribution in [0, 0.1) is 20.8 Å². The Hall–Kier alpha value is -1.55. The van der Waals surface area contributed by atoms with Crippen molar-refractivity contribution in [2.24, 2.45) is 0 Å². The van der Waals surface area contributed by atoms with Crippen LogP contribution >= 0.6 is 15.9 Å². The molecule has 1 N–H and O–H groups in total. The Labute approximate surface area is 128 Å². The van der Waals surface area contributed by atoms with Crippen LogP contribution in [-0.4, -0.2) is 18.1 Å². The molecule has 2 rings (SSSR count). The average molecular weight is 335 g/mol. The van der Waals surface area contributed by atoms with Gasteiger partial charge in [0.2, 0.25) is 0 Å². The van der Waals surface area contributed by atoms with E-state index in [1.54, 1.807) is 6.20 Å². The van der Waals surface area contributed by atoms with Gasteiger partial charge in [0.25, 0.3) is 0 Å². The third-order valence-corrected chi connectivity index (χ3v) is 4.51. The zero-order valence-corrected chi connectivity index (χ0v) is 13.6.